The second kappa shape index (κ2) is 8.75. The molecule has 0 saturated carbocycles. The van der Waals surface area contributed by atoms with Crippen LogP contribution in [-0.2, 0) is 17.6 Å². The standard InChI is InChI=1S/C25H25N3O4/c1-15(2)31-22-9-5-17(12-18(22)14-26)25-21-7-4-16-13-19(28(3)11-10-23(29)30)6-8-20(16)24(21)27-32-25/h5-6,8-9,12-13,15H,4,7,10-11H2,1-3H3,(H,29,30). The lowest BCUT2D eigenvalue weighted by Gasteiger charge is -2.22. The molecule has 4 rings (SSSR count). The lowest BCUT2D eigenvalue weighted by molar-refractivity contribution is -0.136. The van der Waals surface area contributed by atoms with Crippen LogP contribution in [0.25, 0.3) is 22.6 Å². The molecule has 1 N–H and O–H groups in total. The highest BCUT2D eigenvalue weighted by Gasteiger charge is 2.26. The van der Waals surface area contributed by atoms with Crippen molar-refractivity contribution in [1.29, 1.82) is 5.26 Å². The van der Waals surface area contributed by atoms with E-state index in [2.05, 4.69) is 17.3 Å². The lowest BCUT2D eigenvalue weighted by atomic mass is 9.87. The molecule has 0 fully saturated rings. The summed E-state index contributed by atoms with van der Waals surface area (Å²) < 4.78 is 11.5. The SMILES string of the molecule is CC(C)Oc1ccc(-c2onc3c2CCc2cc(N(C)CCC(=O)O)ccc2-3)cc1C#N. The Morgan fingerprint density at radius 2 is 2.09 bits per heavy atom. The molecule has 0 spiro atoms. The van der Waals surface area contributed by atoms with Crippen molar-refractivity contribution in [3.63, 3.8) is 0 Å². The third-order valence-corrected chi connectivity index (χ3v) is 5.60. The second-order valence-corrected chi connectivity index (χ2v) is 8.23. The summed E-state index contributed by atoms with van der Waals surface area (Å²) in [6.07, 6.45) is 1.68. The minimum Gasteiger partial charge on any atom is -0.490 e. The Morgan fingerprint density at radius 3 is 2.81 bits per heavy atom. The summed E-state index contributed by atoms with van der Waals surface area (Å²) in [4.78, 5) is 12.8. The number of rotatable bonds is 7. The van der Waals surface area contributed by atoms with E-state index in [1.807, 2.05) is 44.0 Å². The maximum Gasteiger partial charge on any atom is 0.305 e. The van der Waals surface area contributed by atoms with E-state index in [1.165, 1.54) is 0 Å². The summed E-state index contributed by atoms with van der Waals surface area (Å²) in [5.41, 5.74) is 6.29. The van der Waals surface area contributed by atoms with Gasteiger partial charge in [0, 0.05) is 36.0 Å². The van der Waals surface area contributed by atoms with Gasteiger partial charge >= 0.3 is 5.97 Å². The van der Waals surface area contributed by atoms with Gasteiger partial charge < -0.3 is 19.3 Å². The minimum atomic E-state index is -0.807. The van der Waals surface area contributed by atoms with Crippen molar-refractivity contribution in [2.45, 2.75) is 39.2 Å². The van der Waals surface area contributed by atoms with Crippen molar-refractivity contribution >= 4 is 11.7 Å². The Kier molecular flexibility index (Phi) is 5.87. The number of carboxylic acid groups (broad SMARTS) is 1. The summed E-state index contributed by atoms with van der Waals surface area (Å²) in [5, 5.41) is 22.8. The second-order valence-electron chi connectivity index (χ2n) is 8.23. The van der Waals surface area contributed by atoms with Crippen LogP contribution in [0.4, 0.5) is 5.69 Å². The van der Waals surface area contributed by atoms with E-state index in [-0.39, 0.29) is 12.5 Å². The number of nitrogens with zero attached hydrogens (tertiary/aromatic N) is 3. The smallest absolute Gasteiger partial charge is 0.305 e. The zero-order valence-corrected chi connectivity index (χ0v) is 18.4. The molecule has 0 atom stereocenters. The molecule has 3 aromatic rings. The van der Waals surface area contributed by atoms with Crippen LogP contribution in [-0.4, -0.2) is 35.9 Å². The van der Waals surface area contributed by atoms with Crippen LogP contribution in [0.1, 0.15) is 37.0 Å². The number of carbonyl (C=O) groups is 1. The van der Waals surface area contributed by atoms with Crippen molar-refractivity contribution in [2.75, 3.05) is 18.5 Å². The first-order chi connectivity index (χ1) is 15.4. The molecule has 2 aromatic carbocycles. The molecular formula is C25H25N3O4. The molecule has 7 nitrogen and oxygen atoms in total. The highest BCUT2D eigenvalue weighted by atomic mass is 16.5. The molecule has 7 heteroatoms. The first-order valence-electron chi connectivity index (χ1n) is 10.6. The first kappa shape index (κ1) is 21.4. The van der Waals surface area contributed by atoms with Crippen molar-refractivity contribution < 1.29 is 19.2 Å². The number of aliphatic carboxylic acids is 1. The van der Waals surface area contributed by atoms with Crippen LogP contribution < -0.4 is 9.64 Å². The van der Waals surface area contributed by atoms with E-state index in [4.69, 9.17) is 14.4 Å². The van der Waals surface area contributed by atoms with Gasteiger partial charge in [-0.1, -0.05) is 11.2 Å². The molecule has 0 unspecified atom stereocenters. The summed E-state index contributed by atoms with van der Waals surface area (Å²) in [7, 11) is 1.90. The molecule has 1 aliphatic carbocycles. The van der Waals surface area contributed by atoms with Crippen LogP contribution in [0.15, 0.2) is 40.9 Å². The average Bonchev–Trinajstić information content (AvgIpc) is 3.21. The summed E-state index contributed by atoms with van der Waals surface area (Å²) in [5.74, 6) is 0.434. The van der Waals surface area contributed by atoms with Crippen molar-refractivity contribution in [1.82, 2.24) is 5.16 Å². The number of aryl methyl sites for hydroxylation is 1. The minimum absolute atomic E-state index is 0.0180. The van der Waals surface area contributed by atoms with Gasteiger partial charge in [0.05, 0.1) is 18.1 Å². The Labute approximate surface area is 186 Å². The number of fused-ring (bicyclic) bond motifs is 3. The Morgan fingerprint density at radius 1 is 1.28 bits per heavy atom. The van der Waals surface area contributed by atoms with Gasteiger partial charge in [-0.2, -0.15) is 5.26 Å². The molecular weight excluding hydrogens is 406 g/mol. The highest BCUT2D eigenvalue weighted by molar-refractivity contribution is 5.78. The number of carboxylic acids is 1. The fraction of sp³-hybridized carbons (Fsp3) is 0.320. The van der Waals surface area contributed by atoms with Crippen LogP contribution in [0.3, 0.4) is 0 Å². The van der Waals surface area contributed by atoms with Crippen molar-refractivity contribution in [3.05, 3.63) is 53.1 Å². The zero-order chi connectivity index (χ0) is 22.8. The molecule has 0 bridgehead atoms. The van der Waals surface area contributed by atoms with Gasteiger partial charge in [-0.15, -0.1) is 0 Å². The van der Waals surface area contributed by atoms with Crippen molar-refractivity contribution in [3.8, 4) is 34.4 Å². The molecule has 32 heavy (non-hydrogen) atoms. The fourth-order valence-electron chi connectivity index (χ4n) is 4.00. The molecule has 164 valence electrons. The zero-order valence-electron chi connectivity index (χ0n) is 18.4. The molecule has 1 aromatic heterocycles. The maximum absolute atomic E-state index is 10.9. The number of ether oxygens (including phenoxy) is 1. The Hall–Kier alpha value is -3.79. The van der Waals surface area contributed by atoms with Gasteiger partial charge in [0.1, 0.15) is 17.5 Å². The fourth-order valence-corrected chi connectivity index (χ4v) is 4.00. The number of aromatic nitrogens is 1. The number of hydrogen-bond donors (Lipinski definition) is 1. The van der Waals surface area contributed by atoms with E-state index in [1.54, 1.807) is 12.1 Å². The molecule has 0 radical (unpaired) electrons. The predicted molar refractivity (Wildman–Crippen MR) is 121 cm³/mol. The van der Waals surface area contributed by atoms with Gasteiger partial charge in [0.2, 0.25) is 0 Å². The van der Waals surface area contributed by atoms with Gasteiger partial charge in [-0.05, 0) is 62.6 Å². The van der Waals surface area contributed by atoms with Crippen molar-refractivity contribution in [2.24, 2.45) is 0 Å². The summed E-state index contributed by atoms with van der Waals surface area (Å²) in [6, 6.07) is 13.8. The third-order valence-electron chi connectivity index (χ3n) is 5.60. The first-order valence-corrected chi connectivity index (χ1v) is 10.6. The van der Waals surface area contributed by atoms with Gasteiger partial charge in [0.25, 0.3) is 0 Å². The van der Waals surface area contributed by atoms with E-state index in [0.717, 1.165) is 46.5 Å². The van der Waals surface area contributed by atoms with Crippen LogP contribution in [0, 0.1) is 11.3 Å². The Balaban J connectivity index is 1.64. The molecule has 0 saturated heterocycles. The van der Waals surface area contributed by atoms with E-state index in [0.29, 0.717) is 23.6 Å². The number of benzene rings is 2. The van der Waals surface area contributed by atoms with Crippen LogP contribution in [0.2, 0.25) is 0 Å². The normalized spacial score (nSPS) is 12.1. The highest BCUT2D eigenvalue weighted by Crippen LogP contribution is 2.40. The van der Waals surface area contributed by atoms with E-state index < -0.39 is 5.97 Å². The molecule has 1 heterocycles. The van der Waals surface area contributed by atoms with Gasteiger partial charge in [-0.3, -0.25) is 4.79 Å². The molecule has 0 aliphatic heterocycles. The molecule has 0 amide bonds. The maximum atomic E-state index is 10.9. The number of nitriles is 1. The number of hydrogen-bond acceptors (Lipinski definition) is 6. The third kappa shape index (κ3) is 4.17. The van der Waals surface area contributed by atoms with Crippen LogP contribution >= 0.6 is 0 Å². The van der Waals surface area contributed by atoms with Gasteiger partial charge in [-0.25, -0.2) is 0 Å². The summed E-state index contributed by atoms with van der Waals surface area (Å²) >= 11 is 0. The topological polar surface area (TPSA) is 99.6 Å². The van der Waals surface area contributed by atoms with Gasteiger partial charge in [0.15, 0.2) is 5.76 Å². The average molecular weight is 431 g/mol. The lowest BCUT2D eigenvalue weighted by Crippen LogP contribution is -2.21. The monoisotopic (exact) mass is 431 g/mol. The van der Waals surface area contributed by atoms with E-state index in [9.17, 15) is 10.1 Å². The summed E-state index contributed by atoms with van der Waals surface area (Å²) in [6.45, 7) is 4.30. The molecule has 1 aliphatic rings. The predicted octanol–water partition coefficient (Wildman–Crippen LogP) is 4.68. The largest absolute Gasteiger partial charge is 0.490 e. The van der Waals surface area contributed by atoms with Crippen LogP contribution in [0.5, 0.6) is 5.75 Å². The quantitative estimate of drug-likeness (QED) is 0.580. The Bertz CT molecular complexity index is 1210. The van der Waals surface area contributed by atoms with E-state index >= 15 is 0 Å². The number of anilines is 1.